The summed E-state index contributed by atoms with van der Waals surface area (Å²) in [5.74, 6) is -0.453. The van der Waals surface area contributed by atoms with Crippen LogP contribution in [0.3, 0.4) is 0 Å². The van der Waals surface area contributed by atoms with Crippen LogP contribution in [0.5, 0.6) is 0 Å². The minimum atomic E-state index is -0.283. The van der Waals surface area contributed by atoms with E-state index in [-0.39, 0.29) is 11.7 Å². The fourth-order valence-corrected chi connectivity index (χ4v) is 3.21. The highest BCUT2D eigenvalue weighted by molar-refractivity contribution is 7.99. The van der Waals surface area contributed by atoms with Gasteiger partial charge in [-0.05, 0) is 36.4 Å². The van der Waals surface area contributed by atoms with E-state index in [9.17, 15) is 9.18 Å². The maximum Gasteiger partial charge on any atom is 0.252 e. The normalized spacial score (nSPS) is 10.8. The number of nitrogens with one attached hydrogen (secondary N) is 1. The lowest BCUT2D eigenvalue weighted by Gasteiger charge is -2.10. The first kappa shape index (κ1) is 17.4. The van der Waals surface area contributed by atoms with Crippen molar-refractivity contribution in [2.45, 2.75) is 9.92 Å². The van der Waals surface area contributed by atoms with Crippen molar-refractivity contribution in [2.24, 2.45) is 0 Å². The average molecular weight is 356 g/mol. The van der Waals surface area contributed by atoms with E-state index in [2.05, 4.69) is 10.3 Å². The van der Waals surface area contributed by atoms with Gasteiger partial charge < -0.3 is 10.1 Å². The minimum absolute atomic E-state index is 0.170. The summed E-state index contributed by atoms with van der Waals surface area (Å²) in [6.45, 7) is 0.887. The topological polar surface area (TPSA) is 51.2 Å². The number of para-hydroxylation sites is 1. The van der Waals surface area contributed by atoms with Gasteiger partial charge in [0, 0.05) is 23.9 Å². The molecule has 6 heteroatoms. The van der Waals surface area contributed by atoms with E-state index in [1.807, 2.05) is 24.3 Å². The number of hydrogen-bond acceptors (Lipinski definition) is 4. The molecule has 0 atom stereocenters. The molecule has 0 aliphatic carbocycles. The predicted octanol–water partition coefficient (Wildman–Crippen LogP) is 3.90. The predicted molar refractivity (Wildman–Crippen MR) is 96.5 cm³/mol. The lowest BCUT2D eigenvalue weighted by atomic mass is 10.1. The number of aromatic nitrogens is 1. The molecular weight excluding hydrogens is 339 g/mol. The molecule has 3 aromatic rings. The van der Waals surface area contributed by atoms with Crippen molar-refractivity contribution < 1.29 is 13.9 Å². The summed E-state index contributed by atoms with van der Waals surface area (Å²) >= 11 is 1.39. The monoisotopic (exact) mass is 356 g/mol. The van der Waals surface area contributed by atoms with Crippen molar-refractivity contribution in [1.29, 1.82) is 0 Å². The third kappa shape index (κ3) is 4.35. The average Bonchev–Trinajstić information content (AvgIpc) is 2.63. The zero-order chi connectivity index (χ0) is 17.6. The van der Waals surface area contributed by atoms with Crippen molar-refractivity contribution in [3.63, 3.8) is 0 Å². The molecule has 0 spiro atoms. The SMILES string of the molecule is COCCNC(=O)c1cc(Sc2ccc(F)cc2)nc2ccccc12. The minimum Gasteiger partial charge on any atom is -0.383 e. The Hall–Kier alpha value is -2.44. The molecule has 1 aromatic heterocycles. The Kier molecular flexibility index (Phi) is 5.63. The Morgan fingerprint density at radius 2 is 1.96 bits per heavy atom. The van der Waals surface area contributed by atoms with E-state index in [1.165, 1.54) is 23.9 Å². The maximum absolute atomic E-state index is 13.1. The van der Waals surface area contributed by atoms with E-state index in [0.29, 0.717) is 23.7 Å². The molecule has 1 N–H and O–H groups in total. The smallest absolute Gasteiger partial charge is 0.252 e. The van der Waals surface area contributed by atoms with Crippen LogP contribution in [0.25, 0.3) is 10.9 Å². The summed E-state index contributed by atoms with van der Waals surface area (Å²) in [5, 5.41) is 4.32. The molecule has 1 amide bonds. The third-order valence-corrected chi connectivity index (χ3v) is 4.49. The number of amides is 1. The molecule has 0 saturated heterocycles. The molecule has 0 fully saturated rings. The number of carbonyl (C=O) groups excluding carboxylic acids is 1. The lowest BCUT2D eigenvalue weighted by Crippen LogP contribution is -2.27. The zero-order valence-corrected chi connectivity index (χ0v) is 14.5. The number of fused-ring (bicyclic) bond motifs is 1. The summed E-state index contributed by atoms with van der Waals surface area (Å²) in [6, 6.07) is 15.5. The Labute approximate surface area is 149 Å². The standard InChI is InChI=1S/C19H17FN2O2S/c1-24-11-10-21-19(23)16-12-18(22-17-5-3-2-4-15(16)17)25-14-8-6-13(20)7-9-14/h2-9,12H,10-11H2,1H3,(H,21,23). The molecule has 3 rings (SSSR count). The van der Waals surface area contributed by atoms with Crippen LogP contribution in [0.15, 0.2) is 64.5 Å². The number of methoxy groups -OCH3 is 1. The lowest BCUT2D eigenvalue weighted by molar-refractivity contribution is 0.0938. The van der Waals surface area contributed by atoms with Crippen LogP contribution >= 0.6 is 11.8 Å². The van der Waals surface area contributed by atoms with Crippen molar-refractivity contribution >= 4 is 28.6 Å². The summed E-state index contributed by atoms with van der Waals surface area (Å²) in [6.07, 6.45) is 0. The van der Waals surface area contributed by atoms with Crippen molar-refractivity contribution in [2.75, 3.05) is 20.3 Å². The number of hydrogen-bond donors (Lipinski definition) is 1. The first-order valence-electron chi connectivity index (χ1n) is 7.78. The number of halogens is 1. The first-order chi connectivity index (χ1) is 12.2. The van der Waals surface area contributed by atoms with E-state index in [0.717, 1.165) is 15.8 Å². The van der Waals surface area contributed by atoms with Crippen molar-refractivity contribution in [3.05, 3.63) is 66.0 Å². The number of rotatable bonds is 6. The van der Waals surface area contributed by atoms with E-state index < -0.39 is 0 Å². The number of carbonyl (C=O) groups is 1. The van der Waals surface area contributed by atoms with Gasteiger partial charge in [-0.25, -0.2) is 9.37 Å². The fraction of sp³-hybridized carbons (Fsp3) is 0.158. The molecule has 0 saturated carbocycles. The highest BCUT2D eigenvalue weighted by Gasteiger charge is 2.13. The van der Waals surface area contributed by atoms with Gasteiger partial charge in [-0.1, -0.05) is 30.0 Å². The van der Waals surface area contributed by atoms with Gasteiger partial charge in [-0.15, -0.1) is 0 Å². The fourth-order valence-electron chi connectivity index (χ4n) is 2.38. The molecular formula is C19H17FN2O2S. The van der Waals surface area contributed by atoms with Crippen LogP contribution in [0, 0.1) is 5.82 Å². The third-order valence-electron chi connectivity index (χ3n) is 3.57. The van der Waals surface area contributed by atoms with Crippen molar-refractivity contribution in [3.8, 4) is 0 Å². The van der Waals surface area contributed by atoms with E-state index >= 15 is 0 Å². The van der Waals surface area contributed by atoms with Gasteiger partial charge in [-0.3, -0.25) is 4.79 Å². The number of nitrogens with zero attached hydrogens (tertiary/aromatic N) is 1. The quantitative estimate of drug-likeness (QED) is 0.681. The van der Waals surface area contributed by atoms with Gasteiger partial charge in [0.25, 0.3) is 5.91 Å². The van der Waals surface area contributed by atoms with Crippen LogP contribution in [0.1, 0.15) is 10.4 Å². The van der Waals surface area contributed by atoms with Crippen LogP contribution in [-0.4, -0.2) is 31.2 Å². The van der Waals surface area contributed by atoms with Gasteiger partial charge in [-0.2, -0.15) is 0 Å². The second-order valence-electron chi connectivity index (χ2n) is 5.33. The van der Waals surface area contributed by atoms with Gasteiger partial charge >= 0.3 is 0 Å². The van der Waals surface area contributed by atoms with E-state index in [4.69, 9.17) is 4.74 Å². The molecule has 0 bridgehead atoms. The van der Waals surface area contributed by atoms with E-state index in [1.54, 1.807) is 25.3 Å². The van der Waals surface area contributed by atoms with Gasteiger partial charge in [0.05, 0.1) is 17.7 Å². The largest absolute Gasteiger partial charge is 0.383 e. The molecule has 25 heavy (non-hydrogen) atoms. The maximum atomic E-state index is 13.1. The Morgan fingerprint density at radius 1 is 1.20 bits per heavy atom. The molecule has 0 unspecified atom stereocenters. The van der Waals surface area contributed by atoms with Crippen LogP contribution < -0.4 is 5.32 Å². The highest BCUT2D eigenvalue weighted by Crippen LogP contribution is 2.29. The van der Waals surface area contributed by atoms with Gasteiger partial charge in [0.15, 0.2) is 0 Å². The van der Waals surface area contributed by atoms with Crippen LogP contribution in [-0.2, 0) is 4.74 Å². The second kappa shape index (κ2) is 8.09. The number of ether oxygens (including phenoxy) is 1. The molecule has 0 aliphatic heterocycles. The number of benzene rings is 2. The Bertz CT molecular complexity index is 884. The van der Waals surface area contributed by atoms with Gasteiger partial charge in [0.1, 0.15) is 10.8 Å². The molecule has 4 nitrogen and oxygen atoms in total. The van der Waals surface area contributed by atoms with Crippen molar-refractivity contribution in [1.82, 2.24) is 10.3 Å². The summed E-state index contributed by atoms with van der Waals surface area (Å²) < 4.78 is 18.0. The van der Waals surface area contributed by atoms with Crippen LogP contribution in [0.4, 0.5) is 4.39 Å². The Balaban J connectivity index is 1.94. The molecule has 0 aliphatic rings. The molecule has 1 heterocycles. The Morgan fingerprint density at radius 3 is 2.72 bits per heavy atom. The zero-order valence-electron chi connectivity index (χ0n) is 13.7. The molecule has 0 radical (unpaired) electrons. The number of pyridine rings is 1. The molecule has 2 aromatic carbocycles. The summed E-state index contributed by atoms with van der Waals surface area (Å²) in [5.41, 5.74) is 1.30. The summed E-state index contributed by atoms with van der Waals surface area (Å²) in [7, 11) is 1.59. The first-order valence-corrected chi connectivity index (χ1v) is 8.59. The van der Waals surface area contributed by atoms with Gasteiger partial charge in [0.2, 0.25) is 0 Å². The second-order valence-corrected chi connectivity index (χ2v) is 6.42. The highest BCUT2D eigenvalue weighted by atomic mass is 32.2. The molecule has 128 valence electrons. The van der Waals surface area contributed by atoms with Crippen LogP contribution in [0.2, 0.25) is 0 Å². The summed E-state index contributed by atoms with van der Waals surface area (Å²) in [4.78, 5) is 18.0.